The molecule has 1 rings (SSSR count). The molecule has 0 nitrogen and oxygen atoms in total. The molecule has 0 radical (unpaired) electrons. The number of hydrogen-bond acceptors (Lipinski definition) is 0. The molecular weight excluding hydrogens is 156 g/mol. The summed E-state index contributed by atoms with van der Waals surface area (Å²) in [5, 5.41) is 0. The molecule has 0 aliphatic rings. The van der Waals surface area contributed by atoms with Crippen molar-refractivity contribution in [1.29, 1.82) is 0 Å². The van der Waals surface area contributed by atoms with E-state index in [1.54, 1.807) is 0 Å². The Morgan fingerprint density at radius 1 is 1.23 bits per heavy atom. The van der Waals surface area contributed by atoms with E-state index in [4.69, 9.17) is 0 Å². The molecule has 0 aromatic heterocycles. The van der Waals surface area contributed by atoms with Gasteiger partial charge in [0.1, 0.15) is 0 Å². The van der Waals surface area contributed by atoms with E-state index in [2.05, 4.69) is 58.0 Å². The molecule has 0 fully saturated rings. The molecule has 13 heavy (non-hydrogen) atoms. The molecule has 1 aromatic carbocycles. The Morgan fingerprint density at radius 2 is 1.92 bits per heavy atom. The molecule has 0 atom stereocenters. The first-order valence-corrected chi connectivity index (χ1v) is 4.89. The molecule has 0 N–H and O–H groups in total. The van der Waals surface area contributed by atoms with Gasteiger partial charge in [-0.1, -0.05) is 44.2 Å². The van der Waals surface area contributed by atoms with E-state index in [9.17, 15) is 0 Å². The zero-order valence-corrected chi connectivity index (χ0v) is 8.96. The number of allylic oxidation sites excluding steroid dienone is 1. The second-order valence-corrected chi connectivity index (χ2v) is 3.73. The summed E-state index contributed by atoms with van der Waals surface area (Å²) in [5.74, 6) is 0.603. The fourth-order valence-electron chi connectivity index (χ4n) is 1.60. The van der Waals surface area contributed by atoms with Gasteiger partial charge < -0.3 is 0 Å². The van der Waals surface area contributed by atoms with E-state index in [-0.39, 0.29) is 0 Å². The Hall–Kier alpha value is -1.04. The smallest absolute Gasteiger partial charge is 0.0196 e. The highest BCUT2D eigenvalue weighted by molar-refractivity contribution is 5.58. The van der Waals surface area contributed by atoms with Gasteiger partial charge in [0, 0.05) is 0 Å². The lowest BCUT2D eigenvalue weighted by atomic mass is 9.94. The van der Waals surface area contributed by atoms with Crippen LogP contribution in [-0.4, -0.2) is 0 Å². The van der Waals surface area contributed by atoms with Crippen molar-refractivity contribution in [3.05, 3.63) is 41.0 Å². The molecule has 0 amide bonds. The van der Waals surface area contributed by atoms with E-state index >= 15 is 0 Å². The highest BCUT2D eigenvalue weighted by Crippen LogP contribution is 2.23. The monoisotopic (exact) mass is 174 g/mol. The van der Waals surface area contributed by atoms with Gasteiger partial charge in [-0.15, -0.1) is 0 Å². The van der Waals surface area contributed by atoms with E-state index in [1.807, 2.05) is 0 Å². The minimum atomic E-state index is 0.603. The van der Waals surface area contributed by atoms with E-state index in [0.717, 1.165) is 0 Å². The Kier molecular flexibility index (Phi) is 3.30. The molecule has 1 aromatic rings. The maximum Gasteiger partial charge on any atom is -0.0196 e. The molecule has 0 unspecified atom stereocenters. The maximum atomic E-state index is 2.24. The van der Waals surface area contributed by atoms with Gasteiger partial charge in [0.15, 0.2) is 0 Å². The quantitative estimate of drug-likeness (QED) is 0.631. The van der Waals surface area contributed by atoms with Crippen LogP contribution in [0.4, 0.5) is 0 Å². The summed E-state index contributed by atoms with van der Waals surface area (Å²) in [7, 11) is 0. The molecule has 0 saturated carbocycles. The number of benzene rings is 1. The fraction of sp³-hybridized carbons (Fsp3) is 0.385. The average molecular weight is 174 g/mol. The summed E-state index contributed by atoms with van der Waals surface area (Å²) >= 11 is 0. The van der Waals surface area contributed by atoms with Crippen LogP contribution in [0.25, 0.3) is 6.08 Å². The fourth-order valence-corrected chi connectivity index (χ4v) is 1.60. The van der Waals surface area contributed by atoms with Crippen LogP contribution >= 0.6 is 0 Å². The summed E-state index contributed by atoms with van der Waals surface area (Å²) in [4.78, 5) is 0. The maximum absolute atomic E-state index is 2.24. The first-order valence-electron chi connectivity index (χ1n) is 4.89. The molecule has 0 heterocycles. The summed E-state index contributed by atoms with van der Waals surface area (Å²) in [6, 6.07) is 6.52. The second kappa shape index (κ2) is 4.27. The summed E-state index contributed by atoms with van der Waals surface area (Å²) in [5.41, 5.74) is 4.20. The van der Waals surface area contributed by atoms with Crippen molar-refractivity contribution in [1.82, 2.24) is 0 Å². The zero-order chi connectivity index (χ0) is 9.84. The normalized spacial score (nSPS) is 11.5. The van der Waals surface area contributed by atoms with Crippen LogP contribution in [0.15, 0.2) is 24.3 Å². The van der Waals surface area contributed by atoms with Gasteiger partial charge in [-0.05, 0) is 36.5 Å². The van der Waals surface area contributed by atoms with Gasteiger partial charge >= 0.3 is 0 Å². The lowest BCUT2D eigenvalue weighted by molar-refractivity contribution is 0.862. The third kappa shape index (κ3) is 2.21. The first kappa shape index (κ1) is 10.0. The van der Waals surface area contributed by atoms with Crippen LogP contribution in [-0.2, 0) is 0 Å². The van der Waals surface area contributed by atoms with E-state index in [1.165, 1.54) is 16.7 Å². The Balaban J connectivity index is 3.25. The lowest BCUT2D eigenvalue weighted by Gasteiger charge is -2.11. The van der Waals surface area contributed by atoms with Crippen LogP contribution in [0.5, 0.6) is 0 Å². The number of aryl methyl sites for hydroxylation is 1. The second-order valence-electron chi connectivity index (χ2n) is 3.73. The molecule has 0 aliphatic carbocycles. The summed E-state index contributed by atoms with van der Waals surface area (Å²) in [6.07, 6.45) is 4.30. The van der Waals surface area contributed by atoms with Gasteiger partial charge in [0.25, 0.3) is 0 Å². The van der Waals surface area contributed by atoms with Gasteiger partial charge in [-0.25, -0.2) is 0 Å². The number of rotatable bonds is 2. The third-order valence-corrected chi connectivity index (χ3v) is 2.31. The molecule has 70 valence electrons. The van der Waals surface area contributed by atoms with Gasteiger partial charge in [0.2, 0.25) is 0 Å². The van der Waals surface area contributed by atoms with Crippen LogP contribution in [0, 0.1) is 6.92 Å². The Labute approximate surface area is 81.3 Å². The average Bonchev–Trinajstić information content (AvgIpc) is 2.08. The molecule has 0 spiro atoms. The van der Waals surface area contributed by atoms with Crippen molar-refractivity contribution in [3.8, 4) is 0 Å². The highest BCUT2D eigenvalue weighted by atomic mass is 14.1. The van der Waals surface area contributed by atoms with Crippen LogP contribution < -0.4 is 0 Å². The highest BCUT2D eigenvalue weighted by Gasteiger charge is 2.05. The van der Waals surface area contributed by atoms with Gasteiger partial charge in [0.05, 0.1) is 0 Å². The largest absolute Gasteiger partial charge is 0.0870 e. The standard InChI is InChI=1S/C13H18/c1-5-7-13-11(4)8-6-9-12(13)10(2)3/h5-10H,1-4H3. The SMILES string of the molecule is CC=Cc1c(C)cccc1C(C)C. The molecular formula is C13H18. The minimum absolute atomic E-state index is 0.603. The van der Waals surface area contributed by atoms with Gasteiger partial charge in [-0.3, -0.25) is 0 Å². The predicted molar refractivity (Wildman–Crippen MR) is 60.0 cm³/mol. The lowest BCUT2D eigenvalue weighted by Crippen LogP contribution is -1.93. The zero-order valence-electron chi connectivity index (χ0n) is 8.96. The van der Waals surface area contributed by atoms with Crippen LogP contribution in [0.3, 0.4) is 0 Å². The van der Waals surface area contributed by atoms with Crippen molar-refractivity contribution in [2.75, 3.05) is 0 Å². The van der Waals surface area contributed by atoms with Crippen molar-refractivity contribution in [2.45, 2.75) is 33.6 Å². The van der Waals surface area contributed by atoms with Crippen LogP contribution in [0.1, 0.15) is 43.4 Å². The van der Waals surface area contributed by atoms with Crippen molar-refractivity contribution in [3.63, 3.8) is 0 Å². The third-order valence-electron chi connectivity index (χ3n) is 2.31. The van der Waals surface area contributed by atoms with Crippen molar-refractivity contribution >= 4 is 6.08 Å². The molecule has 0 heteroatoms. The minimum Gasteiger partial charge on any atom is -0.0870 e. The van der Waals surface area contributed by atoms with Crippen molar-refractivity contribution in [2.24, 2.45) is 0 Å². The Morgan fingerprint density at radius 3 is 2.46 bits per heavy atom. The molecule has 0 saturated heterocycles. The predicted octanol–water partition coefficient (Wildman–Crippen LogP) is 4.15. The van der Waals surface area contributed by atoms with E-state index in [0.29, 0.717) is 5.92 Å². The molecule has 0 aliphatic heterocycles. The molecule has 0 bridgehead atoms. The van der Waals surface area contributed by atoms with Crippen molar-refractivity contribution < 1.29 is 0 Å². The van der Waals surface area contributed by atoms with E-state index < -0.39 is 0 Å². The van der Waals surface area contributed by atoms with Gasteiger partial charge in [-0.2, -0.15) is 0 Å². The summed E-state index contributed by atoms with van der Waals surface area (Å²) in [6.45, 7) is 8.71. The number of hydrogen-bond donors (Lipinski definition) is 0. The summed E-state index contributed by atoms with van der Waals surface area (Å²) < 4.78 is 0. The Bertz CT molecular complexity index is 306. The first-order chi connectivity index (χ1) is 6.16. The topological polar surface area (TPSA) is 0 Å². The van der Waals surface area contributed by atoms with Crippen LogP contribution in [0.2, 0.25) is 0 Å².